The standard InChI is InChI=1S/C15H10ClNO3/c1-9-3-2-4-11(7-9)17-14(18)12-6-5-10(16)8-13(12)20-15(17)19/h2-8H,1H3. The number of hydrogen-bond acceptors (Lipinski definition) is 3. The molecule has 0 fully saturated rings. The lowest BCUT2D eigenvalue weighted by Gasteiger charge is -2.06. The van der Waals surface area contributed by atoms with Crippen LogP contribution >= 0.6 is 11.6 Å². The van der Waals surface area contributed by atoms with Gasteiger partial charge < -0.3 is 4.42 Å². The largest absolute Gasteiger partial charge is 0.426 e. The lowest BCUT2D eigenvalue weighted by atomic mass is 10.2. The van der Waals surface area contributed by atoms with Crippen molar-refractivity contribution in [3.8, 4) is 5.69 Å². The van der Waals surface area contributed by atoms with Crippen molar-refractivity contribution in [1.29, 1.82) is 0 Å². The SMILES string of the molecule is Cc1cccc(-n2c(=O)oc3cc(Cl)ccc3c2=O)c1. The van der Waals surface area contributed by atoms with Crippen LogP contribution in [0.2, 0.25) is 5.02 Å². The Labute approximate surface area is 118 Å². The van der Waals surface area contributed by atoms with Gasteiger partial charge >= 0.3 is 5.76 Å². The number of benzene rings is 2. The van der Waals surface area contributed by atoms with E-state index in [-0.39, 0.29) is 5.58 Å². The van der Waals surface area contributed by atoms with E-state index in [0.29, 0.717) is 16.1 Å². The summed E-state index contributed by atoms with van der Waals surface area (Å²) in [6, 6.07) is 11.7. The van der Waals surface area contributed by atoms with E-state index in [4.69, 9.17) is 16.0 Å². The molecular weight excluding hydrogens is 278 g/mol. The van der Waals surface area contributed by atoms with E-state index in [2.05, 4.69) is 0 Å². The Balaban J connectivity index is 2.41. The summed E-state index contributed by atoms with van der Waals surface area (Å²) in [5.41, 5.74) is 1.21. The molecule has 1 aromatic heterocycles. The molecule has 1 heterocycles. The Hall–Kier alpha value is -2.33. The van der Waals surface area contributed by atoms with Crippen molar-refractivity contribution in [2.24, 2.45) is 0 Å². The van der Waals surface area contributed by atoms with Gasteiger partial charge in [-0.2, -0.15) is 0 Å². The topological polar surface area (TPSA) is 52.2 Å². The molecule has 0 N–H and O–H groups in total. The van der Waals surface area contributed by atoms with Gasteiger partial charge in [0.2, 0.25) is 0 Å². The van der Waals surface area contributed by atoms with E-state index in [1.54, 1.807) is 30.3 Å². The molecule has 5 heteroatoms. The van der Waals surface area contributed by atoms with Gasteiger partial charge in [0.05, 0.1) is 11.1 Å². The van der Waals surface area contributed by atoms with Crippen LogP contribution in [0.3, 0.4) is 0 Å². The van der Waals surface area contributed by atoms with Crippen molar-refractivity contribution in [2.45, 2.75) is 6.92 Å². The zero-order valence-corrected chi connectivity index (χ0v) is 11.3. The molecule has 0 aliphatic heterocycles. The van der Waals surface area contributed by atoms with Crippen molar-refractivity contribution in [2.75, 3.05) is 0 Å². The molecule has 0 spiro atoms. The highest BCUT2D eigenvalue weighted by Gasteiger charge is 2.11. The predicted octanol–water partition coefficient (Wildman–Crippen LogP) is 2.91. The van der Waals surface area contributed by atoms with E-state index in [1.165, 1.54) is 6.07 Å². The number of fused-ring (bicyclic) bond motifs is 1. The summed E-state index contributed by atoms with van der Waals surface area (Å²) in [6.07, 6.45) is 0. The van der Waals surface area contributed by atoms with E-state index in [0.717, 1.165) is 10.1 Å². The highest BCUT2D eigenvalue weighted by molar-refractivity contribution is 6.31. The second kappa shape index (κ2) is 4.65. The van der Waals surface area contributed by atoms with Crippen LogP contribution in [-0.4, -0.2) is 4.57 Å². The third-order valence-corrected chi connectivity index (χ3v) is 3.25. The summed E-state index contributed by atoms with van der Waals surface area (Å²) in [5.74, 6) is -0.727. The quantitative estimate of drug-likeness (QED) is 0.691. The molecule has 0 unspecified atom stereocenters. The average Bonchev–Trinajstić information content (AvgIpc) is 2.38. The predicted molar refractivity (Wildman–Crippen MR) is 77.8 cm³/mol. The van der Waals surface area contributed by atoms with Gasteiger partial charge in [-0.3, -0.25) is 4.79 Å². The monoisotopic (exact) mass is 287 g/mol. The number of halogens is 1. The maximum absolute atomic E-state index is 12.4. The minimum atomic E-state index is -0.727. The van der Waals surface area contributed by atoms with Crippen molar-refractivity contribution in [3.63, 3.8) is 0 Å². The van der Waals surface area contributed by atoms with Crippen molar-refractivity contribution < 1.29 is 4.42 Å². The van der Waals surface area contributed by atoms with Gasteiger partial charge in [-0.15, -0.1) is 0 Å². The highest BCUT2D eigenvalue weighted by atomic mass is 35.5. The Morgan fingerprint density at radius 2 is 1.90 bits per heavy atom. The fourth-order valence-electron chi connectivity index (χ4n) is 2.09. The molecule has 0 aliphatic rings. The van der Waals surface area contributed by atoms with Gasteiger partial charge in [0.1, 0.15) is 5.58 Å². The summed E-state index contributed by atoms with van der Waals surface area (Å²) in [6.45, 7) is 1.89. The Morgan fingerprint density at radius 3 is 2.65 bits per heavy atom. The second-order valence-corrected chi connectivity index (χ2v) is 4.92. The highest BCUT2D eigenvalue weighted by Crippen LogP contribution is 2.16. The number of aromatic nitrogens is 1. The number of nitrogens with zero attached hydrogens (tertiary/aromatic N) is 1. The molecule has 4 nitrogen and oxygen atoms in total. The Bertz CT molecular complexity index is 924. The molecule has 3 rings (SSSR count). The summed E-state index contributed by atoms with van der Waals surface area (Å²) in [7, 11) is 0. The van der Waals surface area contributed by atoms with Crippen LogP contribution in [0.25, 0.3) is 16.7 Å². The summed E-state index contributed by atoms with van der Waals surface area (Å²) in [4.78, 5) is 24.5. The second-order valence-electron chi connectivity index (χ2n) is 4.49. The van der Waals surface area contributed by atoms with Crippen molar-refractivity contribution in [3.05, 3.63) is 74.0 Å². The molecule has 100 valence electrons. The van der Waals surface area contributed by atoms with Gasteiger partial charge in [-0.25, -0.2) is 9.36 Å². The maximum atomic E-state index is 12.4. The van der Waals surface area contributed by atoms with Gasteiger partial charge in [-0.05, 0) is 36.8 Å². The van der Waals surface area contributed by atoms with Crippen LogP contribution in [0.1, 0.15) is 5.56 Å². The molecule has 0 saturated carbocycles. The molecule has 0 bridgehead atoms. The van der Waals surface area contributed by atoms with Crippen LogP contribution < -0.4 is 11.3 Å². The molecule has 0 atom stereocenters. The average molecular weight is 288 g/mol. The normalized spacial score (nSPS) is 10.9. The fourth-order valence-corrected chi connectivity index (χ4v) is 2.25. The molecule has 0 saturated heterocycles. The maximum Gasteiger partial charge on any atom is 0.426 e. The third-order valence-electron chi connectivity index (χ3n) is 3.02. The van der Waals surface area contributed by atoms with Gasteiger partial charge in [-0.1, -0.05) is 23.7 Å². The number of rotatable bonds is 1. The Kier molecular flexibility index (Phi) is 2.95. The van der Waals surface area contributed by atoms with E-state index >= 15 is 0 Å². The molecule has 0 radical (unpaired) electrons. The summed E-state index contributed by atoms with van der Waals surface area (Å²) < 4.78 is 6.19. The Morgan fingerprint density at radius 1 is 1.10 bits per heavy atom. The third kappa shape index (κ3) is 2.04. The first-order valence-electron chi connectivity index (χ1n) is 5.99. The zero-order valence-electron chi connectivity index (χ0n) is 10.6. The van der Waals surface area contributed by atoms with Crippen LogP contribution in [0.15, 0.2) is 56.5 Å². The van der Waals surface area contributed by atoms with Crippen LogP contribution in [-0.2, 0) is 0 Å². The molecule has 0 amide bonds. The molecule has 0 aliphatic carbocycles. The van der Waals surface area contributed by atoms with E-state index in [1.807, 2.05) is 13.0 Å². The van der Waals surface area contributed by atoms with Crippen LogP contribution in [0.4, 0.5) is 0 Å². The van der Waals surface area contributed by atoms with Gasteiger partial charge in [0.25, 0.3) is 5.56 Å². The van der Waals surface area contributed by atoms with Crippen LogP contribution in [0, 0.1) is 6.92 Å². The molecule has 20 heavy (non-hydrogen) atoms. The minimum Gasteiger partial charge on any atom is -0.409 e. The zero-order chi connectivity index (χ0) is 14.3. The number of aryl methyl sites for hydroxylation is 1. The van der Waals surface area contributed by atoms with Crippen molar-refractivity contribution in [1.82, 2.24) is 4.57 Å². The lowest BCUT2D eigenvalue weighted by molar-refractivity contribution is 0.504. The lowest BCUT2D eigenvalue weighted by Crippen LogP contribution is -2.30. The first kappa shape index (κ1) is 12.7. The molecule has 2 aromatic carbocycles. The molecule has 3 aromatic rings. The van der Waals surface area contributed by atoms with Gasteiger partial charge in [0.15, 0.2) is 0 Å². The smallest absolute Gasteiger partial charge is 0.409 e. The first-order valence-corrected chi connectivity index (χ1v) is 6.36. The first-order chi connectivity index (χ1) is 9.56. The summed E-state index contributed by atoms with van der Waals surface area (Å²) >= 11 is 5.83. The number of hydrogen-bond donors (Lipinski definition) is 0. The van der Waals surface area contributed by atoms with Crippen LogP contribution in [0.5, 0.6) is 0 Å². The van der Waals surface area contributed by atoms with Gasteiger partial charge in [0, 0.05) is 11.1 Å². The van der Waals surface area contributed by atoms with E-state index < -0.39 is 11.3 Å². The van der Waals surface area contributed by atoms with Crippen molar-refractivity contribution >= 4 is 22.6 Å². The molecular formula is C15H10ClNO3. The summed E-state index contributed by atoms with van der Waals surface area (Å²) in [5, 5.41) is 0.726. The van der Waals surface area contributed by atoms with E-state index in [9.17, 15) is 9.59 Å². The minimum absolute atomic E-state index is 0.191. The fraction of sp³-hybridized carbons (Fsp3) is 0.0667.